The highest BCUT2D eigenvalue weighted by Gasteiger charge is 2.12. The molecule has 0 spiro atoms. The van der Waals surface area contributed by atoms with Gasteiger partial charge in [0.2, 0.25) is 0 Å². The largest absolute Gasteiger partial charge is 0.489 e. The number of amides is 1. The summed E-state index contributed by atoms with van der Waals surface area (Å²) >= 11 is 6.02. The van der Waals surface area contributed by atoms with Crippen LogP contribution in [0.5, 0.6) is 11.5 Å². The summed E-state index contributed by atoms with van der Waals surface area (Å²) in [4.78, 5) is 24.6. The van der Waals surface area contributed by atoms with Gasteiger partial charge < -0.3 is 9.47 Å². The van der Waals surface area contributed by atoms with E-state index in [-0.39, 0.29) is 5.91 Å². The van der Waals surface area contributed by atoms with Crippen LogP contribution in [-0.2, 0) is 6.61 Å². The van der Waals surface area contributed by atoms with Crippen molar-refractivity contribution in [2.45, 2.75) is 6.61 Å². The second-order valence-corrected chi connectivity index (χ2v) is 7.84. The van der Waals surface area contributed by atoms with E-state index in [4.69, 9.17) is 21.1 Å². The van der Waals surface area contributed by atoms with E-state index < -0.39 is 5.97 Å². The molecule has 1 N–H and O–H groups in total. The molecule has 174 valence electrons. The Morgan fingerprint density at radius 2 is 1.46 bits per heavy atom. The molecule has 0 aliphatic heterocycles. The average molecular weight is 485 g/mol. The van der Waals surface area contributed by atoms with Crippen LogP contribution in [0.25, 0.3) is 0 Å². The predicted octanol–water partition coefficient (Wildman–Crippen LogP) is 5.90. The molecule has 0 fully saturated rings. The van der Waals surface area contributed by atoms with Crippen LogP contribution in [0, 0.1) is 0 Å². The minimum atomic E-state index is -0.541. The number of ether oxygens (including phenoxy) is 2. The lowest BCUT2D eigenvalue weighted by atomic mass is 10.2. The van der Waals surface area contributed by atoms with E-state index in [2.05, 4.69) is 10.5 Å². The third kappa shape index (κ3) is 6.79. The van der Waals surface area contributed by atoms with Crippen molar-refractivity contribution in [2.24, 2.45) is 5.10 Å². The quantitative estimate of drug-likeness (QED) is 0.146. The fourth-order valence-corrected chi connectivity index (χ4v) is 3.30. The van der Waals surface area contributed by atoms with E-state index in [1.165, 1.54) is 6.21 Å². The number of halogens is 1. The fourth-order valence-electron chi connectivity index (χ4n) is 3.08. The van der Waals surface area contributed by atoms with Gasteiger partial charge in [0.15, 0.2) is 0 Å². The summed E-state index contributed by atoms with van der Waals surface area (Å²) in [6.07, 6.45) is 1.49. The summed E-state index contributed by atoms with van der Waals surface area (Å²) < 4.78 is 11.1. The van der Waals surface area contributed by atoms with Crippen LogP contribution in [-0.4, -0.2) is 18.1 Å². The lowest BCUT2D eigenvalue weighted by Gasteiger charge is -2.07. The Balaban J connectivity index is 1.26. The Labute approximate surface area is 207 Å². The van der Waals surface area contributed by atoms with Gasteiger partial charge in [0.25, 0.3) is 5.91 Å². The number of hydrogen-bond acceptors (Lipinski definition) is 5. The first-order valence-corrected chi connectivity index (χ1v) is 11.1. The lowest BCUT2D eigenvalue weighted by Crippen LogP contribution is -2.17. The van der Waals surface area contributed by atoms with Crippen molar-refractivity contribution in [3.05, 3.63) is 130 Å². The summed E-state index contributed by atoms with van der Waals surface area (Å²) in [5.74, 6) is 0.150. The van der Waals surface area contributed by atoms with Crippen LogP contribution in [0.15, 0.2) is 108 Å². The molecular weight excluding hydrogens is 464 g/mol. The van der Waals surface area contributed by atoms with Crippen LogP contribution in [0.4, 0.5) is 0 Å². The number of hydrogen-bond donors (Lipinski definition) is 1. The minimum Gasteiger partial charge on any atom is -0.489 e. The zero-order valence-corrected chi connectivity index (χ0v) is 19.3. The van der Waals surface area contributed by atoms with Crippen molar-refractivity contribution >= 4 is 29.7 Å². The molecule has 0 heterocycles. The second kappa shape index (κ2) is 11.6. The van der Waals surface area contributed by atoms with Gasteiger partial charge in [-0.15, -0.1) is 0 Å². The molecule has 0 radical (unpaired) electrons. The normalized spacial score (nSPS) is 10.7. The van der Waals surface area contributed by atoms with Gasteiger partial charge in [-0.05, 0) is 71.8 Å². The van der Waals surface area contributed by atoms with E-state index in [0.717, 1.165) is 5.56 Å². The maximum Gasteiger partial charge on any atom is 0.345 e. The smallest absolute Gasteiger partial charge is 0.345 e. The molecule has 35 heavy (non-hydrogen) atoms. The van der Waals surface area contributed by atoms with Crippen molar-refractivity contribution in [1.82, 2.24) is 5.43 Å². The molecule has 4 rings (SSSR count). The van der Waals surface area contributed by atoms with Crippen LogP contribution in [0.2, 0.25) is 5.02 Å². The summed E-state index contributed by atoms with van der Waals surface area (Å²) in [5.41, 5.74) is 5.01. The van der Waals surface area contributed by atoms with Crippen LogP contribution < -0.4 is 14.9 Å². The molecule has 0 aromatic heterocycles. The monoisotopic (exact) mass is 484 g/mol. The average Bonchev–Trinajstić information content (AvgIpc) is 2.89. The van der Waals surface area contributed by atoms with Crippen LogP contribution in [0.3, 0.4) is 0 Å². The number of benzene rings is 4. The topological polar surface area (TPSA) is 77.0 Å². The van der Waals surface area contributed by atoms with Crippen LogP contribution >= 0.6 is 11.6 Å². The molecule has 0 aliphatic rings. The van der Waals surface area contributed by atoms with E-state index in [1.54, 1.807) is 72.8 Å². The molecule has 1 amide bonds. The van der Waals surface area contributed by atoms with Crippen molar-refractivity contribution in [2.75, 3.05) is 0 Å². The molecule has 0 unspecified atom stereocenters. The van der Waals surface area contributed by atoms with Gasteiger partial charge in [-0.25, -0.2) is 10.2 Å². The highest BCUT2D eigenvalue weighted by Crippen LogP contribution is 2.19. The maximum atomic E-state index is 12.3. The van der Waals surface area contributed by atoms with Gasteiger partial charge in [0.1, 0.15) is 18.1 Å². The Morgan fingerprint density at radius 3 is 2.17 bits per heavy atom. The van der Waals surface area contributed by atoms with Crippen LogP contribution in [0.1, 0.15) is 31.8 Å². The van der Waals surface area contributed by atoms with Gasteiger partial charge in [-0.2, -0.15) is 5.10 Å². The minimum absolute atomic E-state index is 0.290. The van der Waals surface area contributed by atoms with Gasteiger partial charge >= 0.3 is 5.97 Å². The number of esters is 1. The molecule has 4 aromatic carbocycles. The molecule has 0 aliphatic carbocycles. The molecule has 6 nitrogen and oxygen atoms in total. The molecule has 0 bridgehead atoms. The highest BCUT2D eigenvalue weighted by molar-refractivity contribution is 6.33. The SMILES string of the molecule is O=C(N/N=C/c1ccc(OC(=O)c2ccccc2Cl)cc1)c1ccc(OCc2ccccc2)cc1. The van der Waals surface area contributed by atoms with E-state index in [9.17, 15) is 9.59 Å². The zero-order valence-electron chi connectivity index (χ0n) is 18.6. The Hall–Kier alpha value is -4.42. The Morgan fingerprint density at radius 1 is 0.800 bits per heavy atom. The second-order valence-electron chi connectivity index (χ2n) is 7.44. The number of nitrogens with zero attached hydrogens (tertiary/aromatic N) is 1. The summed E-state index contributed by atoms with van der Waals surface area (Å²) in [5, 5.41) is 4.31. The van der Waals surface area contributed by atoms with E-state index in [1.807, 2.05) is 30.3 Å². The molecule has 4 aromatic rings. The molecular formula is C28H21ClN2O4. The van der Waals surface area contributed by atoms with E-state index >= 15 is 0 Å². The summed E-state index contributed by atoms with van der Waals surface area (Å²) in [7, 11) is 0. The Kier molecular flexibility index (Phi) is 7.88. The number of nitrogens with one attached hydrogen (secondary N) is 1. The molecule has 0 atom stereocenters. The maximum absolute atomic E-state index is 12.3. The number of hydrazone groups is 1. The highest BCUT2D eigenvalue weighted by atomic mass is 35.5. The predicted molar refractivity (Wildman–Crippen MR) is 135 cm³/mol. The first-order valence-electron chi connectivity index (χ1n) is 10.8. The van der Waals surface area contributed by atoms with E-state index in [0.29, 0.717) is 39.8 Å². The first-order chi connectivity index (χ1) is 17.1. The van der Waals surface area contributed by atoms with Gasteiger partial charge in [-0.1, -0.05) is 54.1 Å². The standard InChI is InChI=1S/C28H21ClN2O4/c29-26-9-5-4-8-25(26)28(33)35-24-14-10-20(11-15-24)18-30-31-27(32)22-12-16-23(17-13-22)34-19-21-6-2-1-3-7-21/h1-18H,19H2,(H,31,32)/b30-18+. The molecule has 0 saturated carbocycles. The van der Waals surface area contributed by atoms with Gasteiger partial charge in [-0.3, -0.25) is 4.79 Å². The van der Waals surface area contributed by atoms with Crippen molar-refractivity contribution in [1.29, 1.82) is 0 Å². The van der Waals surface area contributed by atoms with Gasteiger partial charge in [0, 0.05) is 5.56 Å². The fraction of sp³-hybridized carbons (Fsp3) is 0.0357. The summed E-state index contributed by atoms with van der Waals surface area (Å²) in [6, 6.07) is 30.0. The first kappa shape index (κ1) is 23.7. The number of carbonyl (C=O) groups excluding carboxylic acids is 2. The number of carbonyl (C=O) groups is 2. The van der Waals surface area contributed by atoms with Crippen molar-refractivity contribution in [3.8, 4) is 11.5 Å². The molecule has 7 heteroatoms. The summed E-state index contributed by atoms with van der Waals surface area (Å²) in [6.45, 7) is 0.453. The number of rotatable bonds is 8. The molecule has 0 saturated heterocycles. The van der Waals surface area contributed by atoms with Gasteiger partial charge in [0.05, 0.1) is 16.8 Å². The third-order valence-corrected chi connectivity index (χ3v) is 5.26. The lowest BCUT2D eigenvalue weighted by molar-refractivity contribution is 0.0734. The third-order valence-electron chi connectivity index (χ3n) is 4.93. The Bertz CT molecular complexity index is 1320. The zero-order chi connectivity index (χ0) is 24.5. The van der Waals surface area contributed by atoms with Crippen molar-refractivity contribution < 1.29 is 19.1 Å². The van der Waals surface area contributed by atoms with Crippen molar-refractivity contribution in [3.63, 3.8) is 0 Å².